The summed E-state index contributed by atoms with van der Waals surface area (Å²) in [5.74, 6) is 0. The highest BCUT2D eigenvalue weighted by atomic mass is 79.9. The molecule has 1 aliphatic rings. The first-order chi connectivity index (χ1) is 8.88. The summed E-state index contributed by atoms with van der Waals surface area (Å²) in [7, 11) is -3.47. The fraction of sp³-hybridized carbons (Fsp3) is 0.500. The second-order valence-corrected chi connectivity index (χ2v) is 8.94. The predicted octanol–water partition coefficient (Wildman–Crippen LogP) is 3.67. The minimum atomic E-state index is -3.47. The fourth-order valence-electron chi connectivity index (χ4n) is 1.98. The van der Waals surface area contributed by atoms with Gasteiger partial charge in [0.1, 0.15) is 0 Å². The van der Waals surface area contributed by atoms with Gasteiger partial charge in [0.2, 0.25) is 10.0 Å². The summed E-state index contributed by atoms with van der Waals surface area (Å²) in [5.41, 5.74) is 0. The average molecular weight is 385 g/mol. The van der Waals surface area contributed by atoms with E-state index in [0.29, 0.717) is 16.0 Å². The van der Waals surface area contributed by atoms with Gasteiger partial charge in [-0.05, 0) is 53.2 Å². The topological polar surface area (TPSA) is 46.2 Å². The summed E-state index contributed by atoms with van der Waals surface area (Å²) >= 11 is 10.9. The molecule has 7 heteroatoms. The Labute approximate surface area is 131 Å². The van der Waals surface area contributed by atoms with Crippen LogP contribution in [0.25, 0.3) is 0 Å². The molecule has 0 unspecified atom stereocenters. The summed E-state index contributed by atoms with van der Waals surface area (Å²) < 4.78 is 27.8. The van der Waals surface area contributed by atoms with Crippen molar-refractivity contribution >= 4 is 49.3 Å². The third-order valence-corrected chi connectivity index (χ3v) is 7.51. The van der Waals surface area contributed by atoms with Crippen LogP contribution in [0.3, 0.4) is 0 Å². The van der Waals surface area contributed by atoms with Crippen LogP contribution in [0.4, 0.5) is 0 Å². The molecule has 1 aromatic rings. The van der Waals surface area contributed by atoms with Crippen molar-refractivity contribution in [2.24, 2.45) is 0 Å². The van der Waals surface area contributed by atoms with Gasteiger partial charge in [-0.2, -0.15) is 11.8 Å². The number of sulfonamides is 1. The summed E-state index contributed by atoms with van der Waals surface area (Å²) in [6.45, 7) is 0.483. The Hall–Kier alpha value is 0.250. The van der Waals surface area contributed by atoms with Gasteiger partial charge in [-0.25, -0.2) is 13.1 Å². The van der Waals surface area contributed by atoms with Crippen LogP contribution < -0.4 is 4.72 Å². The van der Waals surface area contributed by atoms with Gasteiger partial charge in [0.05, 0.1) is 9.92 Å². The van der Waals surface area contributed by atoms with Gasteiger partial charge in [0.15, 0.2) is 0 Å². The summed E-state index contributed by atoms with van der Waals surface area (Å²) in [6, 6.07) is 4.62. The van der Waals surface area contributed by atoms with Crippen molar-refractivity contribution in [1.29, 1.82) is 0 Å². The van der Waals surface area contributed by atoms with Gasteiger partial charge >= 0.3 is 0 Å². The van der Waals surface area contributed by atoms with E-state index in [1.807, 2.05) is 6.26 Å². The molecule has 1 saturated carbocycles. The molecule has 1 aliphatic carbocycles. The lowest BCUT2D eigenvalue weighted by molar-refractivity contribution is 0.362. The van der Waals surface area contributed by atoms with Gasteiger partial charge in [-0.1, -0.05) is 18.0 Å². The molecule has 1 aromatic carbocycles. The number of hydrogen-bond donors (Lipinski definition) is 1. The second kappa shape index (κ2) is 5.93. The van der Waals surface area contributed by atoms with Gasteiger partial charge in [0.25, 0.3) is 0 Å². The first-order valence-electron chi connectivity index (χ1n) is 5.88. The highest BCUT2D eigenvalue weighted by Gasteiger charge is 2.37. The predicted molar refractivity (Wildman–Crippen MR) is 84.4 cm³/mol. The van der Waals surface area contributed by atoms with Crippen LogP contribution in [0.15, 0.2) is 27.6 Å². The Kier molecular flexibility index (Phi) is 4.88. The maximum absolute atomic E-state index is 12.2. The molecule has 1 fully saturated rings. The van der Waals surface area contributed by atoms with Crippen molar-refractivity contribution in [1.82, 2.24) is 4.72 Å². The SMILES string of the molecule is CSC1(CNS(=O)(=O)c2ccc(Cl)c(Br)c2)CCC1. The van der Waals surface area contributed by atoms with Crippen molar-refractivity contribution in [3.63, 3.8) is 0 Å². The largest absolute Gasteiger partial charge is 0.240 e. The molecule has 0 bridgehead atoms. The van der Waals surface area contributed by atoms with Crippen LogP contribution in [-0.2, 0) is 10.0 Å². The van der Waals surface area contributed by atoms with Crippen LogP contribution >= 0.6 is 39.3 Å². The lowest BCUT2D eigenvalue weighted by Crippen LogP contribution is -2.45. The van der Waals surface area contributed by atoms with Crippen LogP contribution in [-0.4, -0.2) is 26.0 Å². The third-order valence-electron chi connectivity index (χ3n) is 3.48. The molecule has 0 amide bonds. The Morgan fingerprint density at radius 2 is 2.16 bits per heavy atom. The first-order valence-corrected chi connectivity index (χ1v) is 9.76. The molecule has 1 N–H and O–H groups in total. The van der Waals surface area contributed by atoms with Crippen LogP contribution in [0.5, 0.6) is 0 Å². The maximum Gasteiger partial charge on any atom is 0.240 e. The number of nitrogens with one attached hydrogen (secondary N) is 1. The minimum absolute atomic E-state index is 0.0801. The lowest BCUT2D eigenvalue weighted by atomic mass is 9.84. The van der Waals surface area contributed by atoms with Crippen molar-refractivity contribution in [2.45, 2.75) is 28.9 Å². The molecule has 0 aliphatic heterocycles. The quantitative estimate of drug-likeness (QED) is 0.842. The molecule has 0 atom stereocenters. The van der Waals surface area contributed by atoms with Crippen molar-refractivity contribution in [3.8, 4) is 0 Å². The molecule has 0 spiro atoms. The molecule has 0 heterocycles. The van der Waals surface area contributed by atoms with Gasteiger partial charge in [0, 0.05) is 15.8 Å². The van der Waals surface area contributed by atoms with E-state index < -0.39 is 10.0 Å². The molecule has 106 valence electrons. The van der Waals surface area contributed by atoms with Gasteiger partial charge in [-0.15, -0.1) is 0 Å². The highest BCUT2D eigenvalue weighted by Crippen LogP contribution is 2.42. The Balaban J connectivity index is 2.11. The summed E-state index contributed by atoms with van der Waals surface area (Å²) in [5, 5.41) is 0.499. The van der Waals surface area contributed by atoms with E-state index in [9.17, 15) is 8.42 Å². The summed E-state index contributed by atoms with van der Waals surface area (Å²) in [6.07, 6.45) is 5.35. The van der Waals surface area contributed by atoms with Crippen molar-refractivity contribution in [2.75, 3.05) is 12.8 Å². The Morgan fingerprint density at radius 3 is 2.63 bits per heavy atom. The van der Waals surface area contributed by atoms with E-state index in [1.54, 1.807) is 17.8 Å². The molecule has 0 radical (unpaired) electrons. The van der Waals surface area contributed by atoms with Crippen molar-refractivity contribution in [3.05, 3.63) is 27.7 Å². The van der Waals surface area contributed by atoms with E-state index in [1.165, 1.54) is 18.6 Å². The third kappa shape index (κ3) is 3.47. The second-order valence-electron chi connectivity index (χ2n) is 4.64. The van der Waals surface area contributed by atoms with Gasteiger partial charge in [-0.3, -0.25) is 0 Å². The molecule has 0 aromatic heterocycles. The minimum Gasteiger partial charge on any atom is -0.210 e. The van der Waals surface area contributed by atoms with E-state index in [4.69, 9.17) is 11.6 Å². The zero-order valence-corrected chi connectivity index (χ0v) is 14.4. The Bertz CT molecular complexity index is 568. The maximum atomic E-state index is 12.2. The number of thioether (sulfide) groups is 1. The first kappa shape index (κ1) is 15.6. The number of hydrogen-bond acceptors (Lipinski definition) is 3. The fourth-order valence-corrected chi connectivity index (χ4v) is 4.78. The molecule has 0 saturated heterocycles. The van der Waals surface area contributed by atoms with Crippen LogP contribution in [0, 0.1) is 0 Å². The normalized spacial score (nSPS) is 18.1. The van der Waals surface area contributed by atoms with Crippen molar-refractivity contribution < 1.29 is 8.42 Å². The number of rotatable bonds is 5. The van der Waals surface area contributed by atoms with E-state index in [-0.39, 0.29) is 9.64 Å². The molecular formula is C12H15BrClNO2S2. The van der Waals surface area contributed by atoms with E-state index >= 15 is 0 Å². The molecule has 19 heavy (non-hydrogen) atoms. The molecular weight excluding hydrogens is 370 g/mol. The Morgan fingerprint density at radius 1 is 1.47 bits per heavy atom. The average Bonchev–Trinajstić information content (AvgIpc) is 2.31. The van der Waals surface area contributed by atoms with E-state index in [2.05, 4.69) is 20.7 Å². The standard InChI is InChI=1S/C12H15BrClNO2S2/c1-18-12(5-2-6-12)8-15-19(16,17)9-3-4-11(14)10(13)7-9/h3-4,7,15H,2,5-6,8H2,1H3. The van der Waals surface area contributed by atoms with Crippen LogP contribution in [0.2, 0.25) is 5.02 Å². The summed E-state index contributed by atoms with van der Waals surface area (Å²) in [4.78, 5) is 0.236. The zero-order chi connectivity index (χ0) is 14.1. The van der Waals surface area contributed by atoms with E-state index in [0.717, 1.165) is 12.8 Å². The lowest BCUT2D eigenvalue weighted by Gasteiger charge is -2.40. The molecule has 2 rings (SSSR count). The zero-order valence-electron chi connectivity index (χ0n) is 10.4. The highest BCUT2D eigenvalue weighted by molar-refractivity contribution is 9.10. The number of halogens is 2. The molecule has 3 nitrogen and oxygen atoms in total. The van der Waals surface area contributed by atoms with Crippen LogP contribution in [0.1, 0.15) is 19.3 Å². The van der Waals surface area contributed by atoms with Gasteiger partial charge < -0.3 is 0 Å². The smallest absolute Gasteiger partial charge is 0.210 e. The number of benzene rings is 1. The monoisotopic (exact) mass is 383 g/mol.